The van der Waals surface area contributed by atoms with E-state index in [4.69, 9.17) is 4.74 Å². The predicted molar refractivity (Wildman–Crippen MR) is 73.5 cm³/mol. The van der Waals surface area contributed by atoms with Crippen molar-refractivity contribution >= 4 is 11.9 Å². The van der Waals surface area contributed by atoms with Gasteiger partial charge in [-0.3, -0.25) is 15.2 Å². The highest BCUT2D eigenvalue weighted by Gasteiger charge is 2.30. The van der Waals surface area contributed by atoms with Crippen LogP contribution in [-0.4, -0.2) is 28.2 Å². The van der Waals surface area contributed by atoms with Crippen LogP contribution in [0.25, 0.3) is 0 Å². The fourth-order valence-corrected chi connectivity index (χ4v) is 1.92. The van der Waals surface area contributed by atoms with E-state index in [0.29, 0.717) is 12.4 Å². The molecule has 6 nitrogen and oxygen atoms in total. The zero-order valence-corrected chi connectivity index (χ0v) is 11.2. The molecule has 1 aromatic carbocycles. The molecular formula is C14H16N4O2. The minimum atomic E-state index is 0.0139. The summed E-state index contributed by atoms with van der Waals surface area (Å²) in [6.45, 7) is 0. The number of methoxy groups -OCH3 is 1. The molecule has 0 spiro atoms. The number of amides is 1. The van der Waals surface area contributed by atoms with Crippen LogP contribution in [0.4, 0.5) is 5.95 Å². The zero-order chi connectivity index (χ0) is 13.9. The van der Waals surface area contributed by atoms with Crippen LogP contribution < -0.4 is 10.1 Å². The van der Waals surface area contributed by atoms with Crippen LogP contribution in [0.15, 0.2) is 24.3 Å². The number of nitrogens with one attached hydrogen (secondary N) is 2. The fraction of sp³-hybridized carbons (Fsp3) is 0.357. The third kappa shape index (κ3) is 2.96. The normalized spacial score (nSPS) is 14.1. The van der Waals surface area contributed by atoms with Gasteiger partial charge in [0, 0.05) is 12.3 Å². The van der Waals surface area contributed by atoms with Crippen LogP contribution in [0.3, 0.4) is 0 Å². The van der Waals surface area contributed by atoms with Crippen molar-refractivity contribution < 1.29 is 9.53 Å². The highest BCUT2D eigenvalue weighted by atomic mass is 16.5. The van der Waals surface area contributed by atoms with Gasteiger partial charge < -0.3 is 4.74 Å². The van der Waals surface area contributed by atoms with Gasteiger partial charge >= 0.3 is 0 Å². The third-order valence-corrected chi connectivity index (χ3v) is 3.25. The molecule has 2 N–H and O–H groups in total. The van der Waals surface area contributed by atoms with Crippen LogP contribution >= 0.6 is 0 Å². The lowest BCUT2D eigenvalue weighted by molar-refractivity contribution is -0.117. The minimum Gasteiger partial charge on any atom is -0.497 e. The van der Waals surface area contributed by atoms with Crippen molar-refractivity contribution in [3.05, 3.63) is 35.7 Å². The highest BCUT2D eigenvalue weighted by molar-refractivity contribution is 5.92. The Morgan fingerprint density at radius 3 is 2.80 bits per heavy atom. The van der Waals surface area contributed by atoms with Gasteiger partial charge in [-0.05, 0) is 30.5 Å². The van der Waals surface area contributed by atoms with Gasteiger partial charge in [0.25, 0.3) is 0 Å². The van der Waals surface area contributed by atoms with Crippen molar-refractivity contribution in [2.45, 2.75) is 19.3 Å². The van der Waals surface area contributed by atoms with Gasteiger partial charge in [-0.15, -0.1) is 5.10 Å². The van der Waals surface area contributed by atoms with Gasteiger partial charge in [0.2, 0.25) is 11.9 Å². The van der Waals surface area contributed by atoms with Gasteiger partial charge in [-0.1, -0.05) is 12.1 Å². The van der Waals surface area contributed by atoms with E-state index in [0.717, 1.165) is 30.0 Å². The number of ether oxygens (including phenoxy) is 1. The molecule has 1 aliphatic carbocycles. The molecule has 6 heteroatoms. The topological polar surface area (TPSA) is 79.9 Å². The van der Waals surface area contributed by atoms with Crippen LogP contribution in [0.5, 0.6) is 5.75 Å². The fourth-order valence-electron chi connectivity index (χ4n) is 1.92. The van der Waals surface area contributed by atoms with E-state index in [2.05, 4.69) is 20.5 Å². The average Bonchev–Trinajstić information content (AvgIpc) is 3.23. The molecule has 1 aliphatic rings. The van der Waals surface area contributed by atoms with E-state index in [1.54, 1.807) is 7.11 Å². The van der Waals surface area contributed by atoms with E-state index in [9.17, 15) is 4.79 Å². The highest BCUT2D eigenvalue weighted by Crippen LogP contribution is 2.29. The third-order valence-electron chi connectivity index (χ3n) is 3.25. The van der Waals surface area contributed by atoms with E-state index in [-0.39, 0.29) is 11.8 Å². The average molecular weight is 272 g/mol. The summed E-state index contributed by atoms with van der Waals surface area (Å²) in [5.41, 5.74) is 1.10. The summed E-state index contributed by atoms with van der Waals surface area (Å²) < 4.78 is 5.11. The summed E-state index contributed by atoms with van der Waals surface area (Å²) in [7, 11) is 1.64. The van der Waals surface area contributed by atoms with E-state index < -0.39 is 0 Å². The molecule has 1 aromatic heterocycles. The van der Waals surface area contributed by atoms with Crippen molar-refractivity contribution in [2.24, 2.45) is 5.92 Å². The second kappa shape index (κ2) is 5.32. The van der Waals surface area contributed by atoms with Crippen LogP contribution in [-0.2, 0) is 11.2 Å². The predicted octanol–water partition coefficient (Wildman–Crippen LogP) is 1.75. The molecule has 104 valence electrons. The van der Waals surface area contributed by atoms with E-state index in [1.807, 2.05) is 24.3 Å². The van der Waals surface area contributed by atoms with Crippen molar-refractivity contribution in [2.75, 3.05) is 12.4 Å². The summed E-state index contributed by atoms with van der Waals surface area (Å²) in [6.07, 6.45) is 2.57. The second-order valence-electron chi connectivity index (χ2n) is 4.89. The van der Waals surface area contributed by atoms with Crippen LogP contribution in [0, 0.1) is 5.92 Å². The number of carbonyl (C=O) groups is 1. The molecule has 0 radical (unpaired) electrons. The Bertz CT molecular complexity index is 602. The minimum absolute atomic E-state index is 0.0139. The second-order valence-corrected chi connectivity index (χ2v) is 4.89. The smallest absolute Gasteiger partial charge is 0.248 e. The molecular weight excluding hydrogens is 256 g/mol. The summed E-state index contributed by atoms with van der Waals surface area (Å²) in [5.74, 6) is 2.06. The first-order valence-corrected chi connectivity index (χ1v) is 6.59. The molecule has 0 aliphatic heterocycles. The van der Waals surface area contributed by atoms with Gasteiger partial charge in [0.05, 0.1) is 7.11 Å². The van der Waals surface area contributed by atoms with Crippen molar-refractivity contribution in [3.8, 4) is 5.75 Å². The molecule has 0 saturated heterocycles. The van der Waals surface area contributed by atoms with Gasteiger partial charge in [-0.2, -0.15) is 4.98 Å². The largest absolute Gasteiger partial charge is 0.497 e. The standard InChI is InChI=1S/C14H16N4O2/c1-20-11-6-2-9(3-7-11)8-12-15-14(18-17-12)16-13(19)10-4-5-10/h2-3,6-7,10H,4-5,8H2,1H3,(H2,15,16,17,18,19). The summed E-state index contributed by atoms with van der Waals surface area (Å²) >= 11 is 0. The Hall–Kier alpha value is -2.37. The van der Waals surface area contributed by atoms with E-state index >= 15 is 0 Å². The first-order chi connectivity index (χ1) is 9.74. The molecule has 1 heterocycles. The molecule has 20 heavy (non-hydrogen) atoms. The van der Waals surface area contributed by atoms with Crippen molar-refractivity contribution in [3.63, 3.8) is 0 Å². The molecule has 1 fully saturated rings. The maximum atomic E-state index is 11.6. The Kier molecular flexibility index (Phi) is 3.37. The zero-order valence-electron chi connectivity index (χ0n) is 11.2. The van der Waals surface area contributed by atoms with Crippen LogP contribution in [0.2, 0.25) is 0 Å². The first kappa shape index (κ1) is 12.7. The number of benzene rings is 1. The number of H-pyrrole nitrogens is 1. The number of carbonyl (C=O) groups excluding carboxylic acids is 1. The lowest BCUT2D eigenvalue weighted by Gasteiger charge is -2.01. The number of hydrogen-bond acceptors (Lipinski definition) is 4. The quantitative estimate of drug-likeness (QED) is 0.869. The number of aromatic amines is 1. The summed E-state index contributed by atoms with van der Waals surface area (Å²) in [6, 6.07) is 7.76. The van der Waals surface area contributed by atoms with Gasteiger partial charge in [0.15, 0.2) is 0 Å². The summed E-state index contributed by atoms with van der Waals surface area (Å²) in [4.78, 5) is 15.9. The molecule has 3 rings (SSSR count). The molecule has 2 aromatic rings. The number of rotatable bonds is 5. The van der Waals surface area contributed by atoms with Gasteiger partial charge in [-0.25, -0.2) is 0 Å². The number of anilines is 1. The lowest BCUT2D eigenvalue weighted by atomic mass is 10.1. The SMILES string of the molecule is COc1ccc(Cc2nc(NC(=O)C3CC3)n[nH]2)cc1. The van der Waals surface area contributed by atoms with Crippen molar-refractivity contribution in [1.29, 1.82) is 0 Å². The van der Waals surface area contributed by atoms with Crippen molar-refractivity contribution in [1.82, 2.24) is 15.2 Å². The molecule has 0 atom stereocenters. The monoisotopic (exact) mass is 272 g/mol. The number of nitrogens with zero attached hydrogens (tertiary/aromatic N) is 2. The Balaban J connectivity index is 1.62. The lowest BCUT2D eigenvalue weighted by Crippen LogP contribution is -2.14. The molecule has 0 unspecified atom stereocenters. The molecule has 0 bridgehead atoms. The van der Waals surface area contributed by atoms with Crippen LogP contribution in [0.1, 0.15) is 24.2 Å². The first-order valence-electron chi connectivity index (χ1n) is 6.59. The Labute approximate surface area is 116 Å². The molecule has 1 amide bonds. The van der Waals surface area contributed by atoms with E-state index in [1.165, 1.54) is 0 Å². The maximum absolute atomic E-state index is 11.6. The Morgan fingerprint density at radius 1 is 1.40 bits per heavy atom. The Morgan fingerprint density at radius 2 is 2.15 bits per heavy atom. The number of aromatic nitrogens is 3. The molecule has 1 saturated carbocycles. The van der Waals surface area contributed by atoms with Gasteiger partial charge in [0.1, 0.15) is 11.6 Å². The maximum Gasteiger partial charge on any atom is 0.248 e. The number of hydrogen-bond donors (Lipinski definition) is 2. The summed E-state index contributed by atoms with van der Waals surface area (Å²) in [5, 5.41) is 9.56.